The number of fused-ring (bicyclic) bond motifs is 1. The fourth-order valence-corrected chi connectivity index (χ4v) is 2.92. The number of benzene rings is 1. The van der Waals surface area contributed by atoms with Crippen molar-refractivity contribution in [2.24, 2.45) is 0 Å². The maximum Gasteiger partial charge on any atom is 0.381 e. The van der Waals surface area contributed by atoms with E-state index in [0.717, 1.165) is 10.9 Å². The number of carbonyl (C=O) groups is 2. The lowest BCUT2D eigenvalue weighted by atomic mass is 10.1. The van der Waals surface area contributed by atoms with E-state index in [0.29, 0.717) is 16.3 Å². The highest BCUT2D eigenvalue weighted by atomic mass is 35.5. The van der Waals surface area contributed by atoms with E-state index >= 15 is 0 Å². The van der Waals surface area contributed by atoms with Crippen LogP contribution in [0, 0.1) is 6.92 Å². The number of hydrogen-bond donors (Lipinski definition) is 0. The number of ether oxygens (including phenoxy) is 1. The number of rotatable bonds is 4. The van der Waals surface area contributed by atoms with E-state index in [1.807, 2.05) is 30.5 Å². The van der Waals surface area contributed by atoms with E-state index in [1.54, 1.807) is 19.9 Å². The quantitative estimate of drug-likeness (QED) is 0.488. The predicted molar refractivity (Wildman–Crippen MR) is 83.0 cm³/mol. The zero-order valence-electron chi connectivity index (χ0n) is 12.6. The number of aromatic nitrogens is 1. The molecule has 2 aromatic rings. The van der Waals surface area contributed by atoms with Crippen molar-refractivity contribution < 1.29 is 14.3 Å². The van der Waals surface area contributed by atoms with E-state index in [9.17, 15) is 9.59 Å². The maximum atomic E-state index is 12.4. The van der Waals surface area contributed by atoms with Crippen LogP contribution in [-0.2, 0) is 9.53 Å². The van der Waals surface area contributed by atoms with Crippen LogP contribution in [0.15, 0.2) is 18.2 Å². The molecule has 0 saturated carbocycles. The monoisotopic (exact) mass is 307 g/mol. The molecule has 4 nitrogen and oxygen atoms in total. The molecule has 1 aromatic carbocycles. The molecule has 0 radical (unpaired) electrons. The number of hydrogen-bond acceptors (Lipinski definition) is 3. The molecule has 0 N–H and O–H groups in total. The average Bonchev–Trinajstić information content (AvgIpc) is 2.72. The number of halogens is 1. The Balaban J connectivity index is 2.76. The zero-order valence-corrected chi connectivity index (χ0v) is 13.3. The number of esters is 1. The van der Waals surface area contributed by atoms with Crippen molar-refractivity contribution in [1.29, 1.82) is 0 Å². The van der Waals surface area contributed by atoms with Crippen molar-refractivity contribution in [2.45, 2.75) is 33.7 Å². The summed E-state index contributed by atoms with van der Waals surface area (Å²) in [7, 11) is 0. The lowest BCUT2D eigenvalue weighted by Crippen LogP contribution is -2.22. The molecule has 0 atom stereocenters. The van der Waals surface area contributed by atoms with Gasteiger partial charge >= 0.3 is 5.97 Å². The number of nitrogens with zero attached hydrogens (tertiary/aromatic N) is 1. The van der Waals surface area contributed by atoms with E-state index in [1.165, 1.54) is 0 Å². The Hall–Kier alpha value is -1.81. The summed E-state index contributed by atoms with van der Waals surface area (Å²) in [6, 6.07) is 5.53. The molecule has 2 rings (SSSR count). The van der Waals surface area contributed by atoms with Crippen LogP contribution >= 0.6 is 11.6 Å². The van der Waals surface area contributed by atoms with Crippen LogP contribution in [0.5, 0.6) is 0 Å². The largest absolute Gasteiger partial charge is 0.460 e. The van der Waals surface area contributed by atoms with E-state index in [2.05, 4.69) is 0 Å². The minimum atomic E-state index is -0.832. The minimum absolute atomic E-state index is 0.0213. The molecule has 0 spiro atoms. The summed E-state index contributed by atoms with van der Waals surface area (Å²) in [6.45, 7) is 7.57. The number of aryl methyl sites for hydroxylation is 1. The summed E-state index contributed by atoms with van der Waals surface area (Å²) >= 11 is 6.26. The first kappa shape index (κ1) is 15.6. The van der Waals surface area contributed by atoms with E-state index in [4.69, 9.17) is 16.3 Å². The fraction of sp³-hybridized carbons (Fsp3) is 0.375. The molecule has 112 valence electrons. The molecule has 0 aliphatic heterocycles. The topological polar surface area (TPSA) is 48.3 Å². The van der Waals surface area contributed by atoms with Gasteiger partial charge in [0.15, 0.2) is 0 Å². The third-order valence-corrected chi connectivity index (χ3v) is 3.73. The fourth-order valence-electron chi connectivity index (χ4n) is 2.61. The molecule has 1 heterocycles. The summed E-state index contributed by atoms with van der Waals surface area (Å²) in [6.07, 6.45) is 0. The highest BCUT2D eigenvalue weighted by Crippen LogP contribution is 2.34. The number of Topliss-reactive ketones (excluding diaryl/α,β-unsaturated/α-hetero) is 1. The molecule has 0 unspecified atom stereocenters. The van der Waals surface area contributed by atoms with Gasteiger partial charge in [-0.25, -0.2) is 4.79 Å². The molecule has 1 aromatic heterocycles. The van der Waals surface area contributed by atoms with E-state index in [-0.39, 0.29) is 12.6 Å². The van der Waals surface area contributed by atoms with Gasteiger partial charge in [-0.3, -0.25) is 4.79 Å². The van der Waals surface area contributed by atoms with Crippen LogP contribution in [0.2, 0.25) is 5.02 Å². The van der Waals surface area contributed by atoms with Gasteiger partial charge in [-0.15, -0.1) is 0 Å². The summed E-state index contributed by atoms with van der Waals surface area (Å²) in [4.78, 5) is 24.2. The molecule has 5 heteroatoms. The van der Waals surface area contributed by atoms with Crippen molar-refractivity contribution >= 4 is 34.3 Å². The van der Waals surface area contributed by atoms with Crippen LogP contribution in [-0.4, -0.2) is 22.9 Å². The molecular formula is C16H18ClNO3. The van der Waals surface area contributed by atoms with Crippen molar-refractivity contribution in [3.8, 4) is 0 Å². The molecule has 0 fully saturated rings. The predicted octanol–water partition coefficient (Wildman–Crippen LogP) is 3.93. The highest BCUT2D eigenvalue weighted by Gasteiger charge is 2.28. The van der Waals surface area contributed by atoms with Crippen LogP contribution in [0.4, 0.5) is 0 Å². The van der Waals surface area contributed by atoms with Gasteiger partial charge in [0.05, 0.1) is 17.1 Å². The number of carbonyl (C=O) groups excluding carboxylic acids is 2. The van der Waals surface area contributed by atoms with Crippen molar-refractivity contribution in [2.75, 3.05) is 6.61 Å². The van der Waals surface area contributed by atoms with Gasteiger partial charge in [0.2, 0.25) is 0 Å². The first-order valence-corrected chi connectivity index (χ1v) is 7.28. The summed E-state index contributed by atoms with van der Waals surface area (Å²) in [5.41, 5.74) is 1.91. The first-order chi connectivity index (χ1) is 9.90. The van der Waals surface area contributed by atoms with Gasteiger partial charge in [0.25, 0.3) is 5.78 Å². The van der Waals surface area contributed by atoms with Crippen molar-refractivity contribution in [3.63, 3.8) is 0 Å². The summed E-state index contributed by atoms with van der Waals surface area (Å²) < 4.78 is 6.68. The molecule has 0 aliphatic rings. The maximum absolute atomic E-state index is 12.4. The van der Waals surface area contributed by atoms with Gasteiger partial charge in [-0.2, -0.15) is 0 Å². The SMILES string of the molecule is CCOC(=O)C(=O)c1c(C)c2c(Cl)cccc2n1C(C)C. The second kappa shape index (κ2) is 5.90. The Bertz CT molecular complexity index is 716. The third kappa shape index (κ3) is 2.56. The van der Waals surface area contributed by atoms with Crippen molar-refractivity contribution in [3.05, 3.63) is 34.5 Å². The molecule has 0 amide bonds. The van der Waals surface area contributed by atoms with Crippen LogP contribution in [0.3, 0.4) is 0 Å². The van der Waals surface area contributed by atoms with Crippen LogP contribution < -0.4 is 0 Å². The lowest BCUT2D eigenvalue weighted by molar-refractivity contribution is -0.137. The molecule has 21 heavy (non-hydrogen) atoms. The van der Waals surface area contributed by atoms with Gasteiger partial charge < -0.3 is 9.30 Å². The molecule has 0 aliphatic carbocycles. The average molecular weight is 308 g/mol. The molecule has 0 bridgehead atoms. The Morgan fingerprint density at radius 1 is 1.33 bits per heavy atom. The Labute approximate surface area is 128 Å². The summed E-state index contributed by atoms with van der Waals surface area (Å²) in [5, 5.41) is 1.38. The normalized spacial score (nSPS) is 11.1. The standard InChI is InChI=1S/C16H18ClNO3/c1-5-21-16(20)15(19)14-10(4)13-11(17)7-6-8-12(13)18(14)9(2)3/h6-9H,5H2,1-4H3. The van der Waals surface area contributed by atoms with Crippen LogP contribution in [0.25, 0.3) is 10.9 Å². The Kier molecular flexibility index (Phi) is 4.37. The van der Waals surface area contributed by atoms with Gasteiger partial charge in [0.1, 0.15) is 5.69 Å². The van der Waals surface area contributed by atoms with Crippen molar-refractivity contribution in [1.82, 2.24) is 4.57 Å². The highest BCUT2D eigenvalue weighted by molar-refractivity contribution is 6.42. The first-order valence-electron chi connectivity index (χ1n) is 6.90. The smallest absolute Gasteiger partial charge is 0.381 e. The zero-order chi connectivity index (χ0) is 15.7. The van der Waals surface area contributed by atoms with E-state index < -0.39 is 11.8 Å². The Morgan fingerprint density at radius 3 is 2.57 bits per heavy atom. The van der Waals surface area contributed by atoms with Gasteiger partial charge in [-0.1, -0.05) is 17.7 Å². The second-order valence-electron chi connectivity index (χ2n) is 5.12. The molecule has 0 saturated heterocycles. The van der Waals surface area contributed by atoms with Gasteiger partial charge in [0, 0.05) is 11.4 Å². The second-order valence-corrected chi connectivity index (χ2v) is 5.53. The van der Waals surface area contributed by atoms with Crippen LogP contribution in [0.1, 0.15) is 42.9 Å². The molecular weight excluding hydrogens is 290 g/mol. The number of ketones is 1. The Morgan fingerprint density at radius 2 is 2.00 bits per heavy atom. The third-order valence-electron chi connectivity index (χ3n) is 3.41. The summed E-state index contributed by atoms with van der Waals surface area (Å²) in [5.74, 6) is -1.46. The minimum Gasteiger partial charge on any atom is -0.460 e. The lowest BCUT2D eigenvalue weighted by Gasteiger charge is -2.14. The van der Waals surface area contributed by atoms with Gasteiger partial charge in [-0.05, 0) is 45.4 Å².